The van der Waals surface area contributed by atoms with Crippen molar-refractivity contribution < 1.29 is 19.2 Å². The Morgan fingerprint density at radius 2 is 2.09 bits per heavy atom. The van der Waals surface area contributed by atoms with Gasteiger partial charge in [0.15, 0.2) is 0 Å². The van der Waals surface area contributed by atoms with E-state index >= 15 is 0 Å². The Labute approximate surface area is 130 Å². The van der Waals surface area contributed by atoms with Crippen LogP contribution in [0.3, 0.4) is 0 Å². The number of nitrogens with zero attached hydrogens (tertiary/aromatic N) is 2. The van der Waals surface area contributed by atoms with E-state index in [9.17, 15) is 14.9 Å². The highest BCUT2D eigenvalue weighted by molar-refractivity contribution is 6.32. The molecule has 7 nitrogen and oxygen atoms in total. The van der Waals surface area contributed by atoms with Gasteiger partial charge in [0.05, 0.1) is 22.6 Å². The van der Waals surface area contributed by atoms with Crippen LogP contribution < -0.4 is 4.74 Å². The first kappa shape index (κ1) is 15.7. The molecule has 2 rings (SSSR count). The summed E-state index contributed by atoms with van der Waals surface area (Å²) in [6, 6.07) is 6.05. The molecule has 0 aliphatic rings. The lowest BCUT2D eigenvalue weighted by atomic mass is 10.2. The van der Waals surface area contributed by atoms with Crippen molar-refractivity contribution in [3.8, 4) is 11.6 Å². The molecule has 0 spiro atoms. The number of ether oxygens (including phenoxy) is 2. The molecule has 0 radical (unpaired) electrons. The molecule has 0 unspecified atom stereocenters. The fourth-order valence-electron chi connectivity index (χ4n) is 1.67. The van der Waals surface area contributed by atoms with Gasteiger partial charge in [-0.25, -0.2) is 9.78 Å². The molecule has 0 N–H and O–H groups in total. The molecule has 0 saturated heterocycles. The topological polar surface area (TPSA) is 91.6 Å². The van der Waals surface area contributed by atoms with Crippen molar-refractivity contribution in [1.82, 2.24) is 4.98 Å². The summed E-state index contributed by atoms with van der Waals surface area (Å²) in [5, 5.41) is 11.4. The summed E-state index contributed by atoms with van der Waals surface area (Å²) >= 11 is 5.99. The minimum absolute atomic E-state index is 0.0445. The molecule has 114 valence electrons. The number of hydrogen-bond donors (Lipinski definition) is 0. The summed E-state index contributed by atoms with van der Waals surface area (Å²) in [5.74, 6) is -0.746. The average Bonchev–Trinajstić information content (AvgIpc) is 2.50. The number of rotatable bonds is 4. The van der Waals surface area contributed by atoms with E-state index < -0.39 is 16.6 Å². The molecule has 0 aliphatic heterocycles. The van der Waals surface area contributed by atoms with Gasteiger partial charge >= 0.3 is 11.7 Å². The van der Waals surface area contributed by atoms with Gasteiger partial charge in [-0.1, -0.05) is 17.7 Å². The summed E-state index contributed by atoms with van der Waals surface area (Å²) in [7, 11) is 1.17. The van der Waals surface area contributed by atoms with Crippen LogP contribution in [0.15, 0.2) is 30.5 Å². The number of nitro groups is 1. The third kappa shape index (κ3) is 3.32. The molecule has 8 heteroatoms. The predicted molar refractivity (Wildman–Crippen MR) is 78.5 cm³/mol. The van der Waals surface area contributed by atoms with Gasteiger partial charge in [-0.05, 0) is 24.6 Å². The molecule has 1 heterocycles. The Bertz CT molecular complexity index is 748. The predicted octanol–water partition coefficient (Wildman–Crippen LogP) is 3.53. The summed E-state index contributed by atoms with van der Waals surface area (Å²) in [5.41, 5.74) is 0.366. The maximum Gasteiger partial charge on any atom is 0.339 e. The first-order valence-electron chi connectivity index (χ1n) is 6.09. The number of pyridine rings is 1. The molecule has 0 amide bonds. The summed E-state index contributed by atoms with van der Waals surface area (Å²) in [6.45, 7) is 1.82. The van der Waals surface area contributed by atoms with E-state index in [1.165, 1.54) is 7.11 Å². The summed E-state index contributed by atoms with van der Waals surface area (Å²) in [6.07, 6.45) is 1.14. The zero-order valence-electron chi connectivity index (χ0n) is 11.7. The highest BCUT2D eigenvalue weighted by Crippen LogP contribution is 2.34. The van der Waals surface area contributed by atoms with Crippen molar-refractivity contribution in [3.63, 3.8) is 0 Å². The van der Waals surface area contributed by atoms with Crippen LogP contribution in [0.2, 0.25) is 5.02 Å². The number of esters is 1. The number of carbonyl (C=O) groups is 1. The third-order valence-corrected chi connectivity index (χ3v) is 3.06. The first-order chi connectivity index (χ1) is 10.4. The highest BCUT2D eigenvalue weighted by atomic mass is 35.5. The quantitative estimate of drug-likeness (QED) is 0.485. The normalized spacial score (nSPS) is 10.1. The largest absolute Gasteiger partial charge is 0.465 e. The van der Waals surface area contributed by atoms with Crippen molar-refractivity contribution >= 4 is 23.3 Å². The second-order valence-corrected chi connectivity index (χ2v) is 4.74. The zero-order valence-corrected chi connectivity index (χ0v) is 12.5. The maximum atomic E-state index is 11.4. The minimum Gasteiger partial charge on any atom is -0.465 e. The van der Waals surface area contributed by atoms with Gasteiger partial charge in [0.2, 0.25) is 0 Å². The molecular weight excluding hydrogens is 312 g/mol. The van der Waals surface area contributed by atoms with Crippen LogP contribution in [0.1, 0.15) is 15.9 Å². The Hall–Kier alpha value is -2.67. The molecule has 0 saturated carbocycles. The number of hydrogen-bond acceptors (Lipinski definition) is 6. The van der Waals surface area contributed by atoms with Crippen LogP contribution in [-0.4, -0.2) is 23.0 Å². The van der Waals surface area contributed by atoms with Crippen LogP contribution in [0.5, 0.6) is 11.6 Å². The fraction of sp³-hybridized carbons (Fsp3) is 0.143. The average molecular weight is 323 g/mol. The third-order valence-electron chi connectivity index (χ3n) is 2.74. The number of aryl methyl sites for hydroxylation is 1. The molecule has 0 bridgehead atoms. The van der Waals surface area contributed by atoms with Gasteiger partial charge in [0, 0.05) is 12.3 Å². The number of benzene rings is 1. The van der Waals surface area contributed by atoms with Crippen molar-refractivity contribution in [2.45, 2.75) is 6.92 Å². The minimum atomic E-state index is -0.726. The van der Waals surface area contributed by atoms with Crippen LogP contribution in [0, 0.1) is 17.0 Å². The van der Waals surface area contributed by atoms with E-state index in [4.69, 9.17) is 16.3 Å². The molecule has 0 fully saturated rings. The number of methoxy groups -OCH3 is 1. The fourth-order valence-corrected chi connectivity index (χ4v) is 1.83. The van der Waals surface area contributed by atoms with Crippen LogP contribution in [-0.2, 0) is 4.74 Å². The van der Waals surface area contributed by atoms with Gasteiger partial charge in [0.1, 0.15) is 5.75 Å². The summed E-state index contributed by atoms with van der Waals surface area (Å²) < 4.78 is 9.91. The Balaban J connectivity index is 2.44. The van der Waals surface area contributed by atoms with E-state index in [1.54, 1.807) is 18.2 Å². The van der Waals surface area contributed by atoms with Gasteiger partial charge in [-0.2, -0.15) is 0 Å². The molecule has 2 aromatic rings. The lowest BCUT2D eigenvalue weighted by molar-refractivity contribution is -0.386. The zero-order chi connectivity index (χ0) is 16.3. The number of carbonyl (C=O) groups excluding carboxylic acids is 1. The first-order valence-corrected chi connectivity index (χ1v) is 6.47. The smallest absolute Gasteiger partial charge is 0.339 e. The van der Waals surface area contributed by atoms with Gasteiger partial charge < -0.3 is 9.47 Å². The van der Waals surface area contributed by atoms with Gasteiger partial charge in [-0.15, -0.1) is 0 Å². The van der Waals surface area contributed by atoms with Gasteiger partial charge in [0.25, 0.3) is 5.88 Å². The Morgan fingerprint density at radius 1 is 1.36 bits per heavy atom. The Morgan fingerprint density at radius 3 is 2.73 bits per heavy atom. The SMILES string of the molecule is COC(=O)c1cnc(Oc2cc(C)ccc2Cl)c([N+](=O)[O-])c1. The molecule has 0 aliphatic carbocycles. The lowest BCUT2D eigenvalue weighted by Gasteiger charge is -2.08. The van der Waals surface area contributed by atoms with Crippen molar-refractivity contribution in [2.75, 3.05) is 7.11 Å². The van der Waals surface area contributed by atoms with Crippen LogP contribution >= 0.6 is 11.6 Å². The molecule has 1 aromatic heterocycles. The van der Waals surface area contributed by atoms with Crippen LogP contribution in [0.25, 0.3) is 0 Å². The van der Waals surface area contributed by atoms with Crippen molar-refractivity contribution in [1.29, 1.82) is 0 Å². The van der Waals surface area contributed by atoms with Crippen molar-refractivity contribution in [3.05, 3.63) is 56.7 Å². The summed E-state index contributed by atoms with van der Waals surface area (Å²) in [4.78, 5) is 25.7. The second kappa shape index (κ2) is 6.40. The molecular formula is C14H11ClN2O5. The molecule has 0 atom stereocenters. The van der Waals surface area contributed by atoms with E-state index in [0.717, 1.165) is 17.8 Å². The van der Waals surface area contributed by atoms with Gasteiger partial charge in [-0.3, -0.25) is 10.1 Å². The highest BCUT2D eigenvalue weighted by Gasteiger charge is 2.22. The maximum absolute atomic E-state index is 11.4. The monoisotopic (exact) mass is 322 g/mol. The van der Waals surface area contributed by atoms with E-state index in [-0.39, 0.29) is 17.2 Å². The van der Waals surface area contributed by atoms with Crippen molar-refractivity contribution in [2.24, 2.45) is 0 Å². The second-order valence-electron chi connectivity index (χ2n) is 4.33. The van der Waals surface area contributed by atoms with E-state index in [0.29, 0.717) is 5.02 Å². The number of aromatic nitrogens is 1. The molecule has 1 aromatic carbocycles. The Kier molecular flexibility index (Phi) is 4.57. The standard InChI is InChI=1S/C14H11ClN2O5/c1-8-3-4-10(15)12(5-8)22-13-11(17(19)20)6-9(7-16-13)14(18)21-2/h3-7H,1-2H3. The number of halogens is 1. The lowest BCUT2D eigenvalue weighted by Crippen LogP contribution is -2.04. The van der Waals surface area contributed by atoms with Crippen LogP contribution in [0.4, 0.5) is 5.69 Å². The molecule has 22 heavy (non-hydrogen) atoms. The van der Waals surface area contributed by atoms with E-state index in [2.05, 4.69) is 9.72 Å². The van der Waals surface area contributed by atoms with E-state index in [1.807, 2.05) is 6.92 Å².